The van der Waals surface area contributed by atoms with Gasteiger partial charge in [-0.15, -0.1) is 0 Å². The molecule has 0 unspecified atom stereocenters. The van der Waals surface area contributed by atoms with Gasteiger partial charge in [-0.25, -0.2) is 4.90 Å². The maximum Gasteiger partial charge on any atom is 0.292 e. The van der Waals surface area contributed by atoms with E-state index in [1.165, 1.54) is 16.2 Å². The molecule has 3 aliphatic heterocycles. The quantitative estimate of drug-likeness (QED) is 0.488. The standard InChI is InChI=1S/C23H32N4O4/c1-2-31-18-8-6-7-17(15-18)27-20(28)16-19(21(27)29)25-13-9-23(10-14-25,22(24)30)26-11-4-3-5-12-26/h6-8,15,19H,2-5,9-14,16H2,1H3,(H2,24,30)/p+2/t19-/m0/s1. The molecule has 1 aromatic carbocycles. The van der Waals surface area contributed by atoms with Crippen LogP contribution in [0.2, 0.25) is 0 Å². The molecule has 0 bridgehead atoms. The molecular weight excluding hydrogens is 396 g/mol. The Morgan fingerprint density at radius 3 is 2.52 bits per heavy atom. The third-order valence-electron chi connectivity index (χ3n) is 7.38. The second kappa shape index (κ2) is 8.96. The zero-order chi connectivity index (χ0) is 22.0. The summed E-state index contributed by atoms with van der Waals surface area (Å²) >= 11 is 0. The van der Waals surface area contributed by atoms with Gasteiger partial charge in [0.2, 0.25) is 5.91 Å². The van der Waals surface area contributed by atoms with Crippen LogP contribution in [0, 0.1) is 0 Å². The Hall–Kier alpha value is -2.45. The van der Waals surface area contributed by atoms with Crippen LogP contribution in [0.15, 0.2) is 24.3 Å². The summed E-state index contributed by atoms with van der Waals surface area (Å²) in [5, 5.41) is 0. The van der Waals surface area contributed by atoms with Crippen molar-refractivity contribution in [1.82, 2.24) is 0 Å². The van der Waals surface area contributed by atoms with Gasteiger partial charge < -0.3 is 20.3 Å². The second-order valence-electron chi connectivity index (χ2n) is 9.02. The van der Waals surface area contributed by atoms with Gasteiger partial charge in [-0.3, -0.25) is 14.4 Å². The minimum Gasteiger partial charge on any atom is -0.494 e. The Kier molecular flexibility index (Phi) is 6.29. The number of amides is 3. The Labute approximate surface area is 183 Å². The molecule has 4 rings (SSSR count). The number of quaternary nitrogens is 2. The number of benzene rings is 1. The van der Waals surface area contributed by atoms with Crippen LogP contribution in [0.1, 0.15) is 45.4 Å². The van der Waals surface area contributed by atoms with E-state index in [1.807, 2.05) is 13.0 Å². The summed E-state index contributed by atoms with van der Waals surface area (Å²) in [6, 6.07) is 6.72. The molecule has 3 amide bonds. The Balaban J connectivity index is 1.46. The summed E-state index contributed by atoms with van der Waals surface area (Å²) in [5.41, 5.74) is 5.94. The van der Waals surface area contributed by atoms with Gasteiger partial charge in [0.15, 0.2) is 11.6 Å². The van der Waals surface area contributed by atoms with Crippen LogP contribution in [0.4, 0.5) is 5.69 Å². The summed E-state index contributed by atoms with van der Waals surface area (Å²) in [6.45, 7) is 5.76. The van der Waals surface area contributed by atoms with Gasteiger partial charge in [0.05, 0.1) is 57.7 Å². The van der Waals surface area contributed by atoms with Crippen molar-refractivity contribution in [1.29, 1.82) is 0 Å². The highest BCUT2D eigenvalue weighted by molar-refractivity contribution is 6.21. The van der Waals surface area contributed by atoms with Crippen LogP contribution in [-0.2, 0) is 14.4 Å². The lowest BCUT2D eigenvalue weighted by atomic mass is 9.83. The van der Waals surface area contributed by atoms with Gasteiger partial charge in [-0.05, 0) is 38.3 Å². The number of hydrogen-bond acceptors (Lipinski definition) is 4. The predicted octanol–water partition coefficient (Wildman–Crippen LogP) is -1.31. The van der Waals surface area contributed by atoms with Gasteiger partial charge >= 0.3 is 0 Å². The molecule has 4 N–H and O–H groups in total. The van der Waals surface area contributed by atoms with Crippen LogP contribution in [0.3, 0.4) is 0 Å². The summed E-state index contributed by atoms with van der Waals surface area (Å²) in [7, 11) is 0. The molecule has 3 aliphatic rings. The third kappa shape index (κ3) is 4.06. The van der Waals surface area contributed by atoms with Crippen molar-refractivity contribution in [3.63, 3.8) is 0 Å². The minimum absolute atomic E-state index is 0.162. The zero-order valence-electron chi connectivity index (χ0n) is 18.3. The molecule has 3 fully saturated rings. The number of nitrogens with zero attached hydrogens (tertiary/aromatic N) is 1. The van der Waals surface area contributed by atoms with Gasteiger partial charge in [-0.1, -0.05) is 6.07 Å². The van der Waals surface area contributed by atoms with Crippen molar-refractivity contribution >= 4 is 23.4 Å². The number of ether oxygens (including phenoxy) is 1. The third-order valence-corrected chi connectivity index (χ3v) is 7.38. The molecule has 0 radical (unpaired) electrons. The van der Waals surface area contributed by atoms with E-state index in [0.717, 1.165) is 30.8 Å². The number of primary amides is 1. The predicted molar refractivity (Wildman–Crippen MR) is 115 cm³/mol. The highest BCUT2D eigenvalue weighted by atomic mass is 16.5. The van der Waals surface area contributed by atoms with Gasteiger partial charge in [-0.2, -0.15) is 0 Å². The number of nitrogens with one attached hydrogen (secondary N) is 2. The lowest BCUT2D eigenvalue weighted by Crippen LogP contribution is -3.27. The summed E-state index contributed by atoms with van der Waals surface area (Å²) in [4.78, 5) is 42.2. The molecule has 1 atom stereocenters. The second-order valence-corrected chi connectivity index (χ2v) is 9.02. The summed E-state index contributed by atoms with van der Waals surface area (Å²) in [6.07, 6.45) is 5.02. The van der Waals surface area contributed by atoms with Gasteiger partial charge in [0, 0.05) is 6.07 Å². The first kappa shape index (κ1) is 21.8. The largest absolute Gasteiger partial charge is 0.494 e. The molecule has 3 saturated heterocycles. The van der Waals surface area contributed by atoms with Crippen molar-refractivity contribution in [2.24, 2.45) is 5.73 Å². The molecule has 1 aromatic rings. The summed E-state index contributed by atoms with van der Waals surface area (Å²) < 4.78 is 5.52. The fraction of sp³-hybridized carbons (Fsp3) is 0.609. The number of rotatable bonds is 6. The van der Waals surface area contributed by atoms with Crippen molar-refractivity contribution in [3.8, 4) is 5.75 Å². The van der Waals surface area contributed by atoms with Crippen LogP contribution in [0.5, 0.6) is 5.75 Å². The average molecular weight is 431 g/mol. The van der Waals surface area contributed by atoms with Gasteiger partial charge in [0.1, 0.15) is 5.75 Å². The van der Waals surface area contributed by atoms with E-state index in [0.29, 0.717) is 44.0 Å². The first-order valence-corrected chi connectivity index (χ1v) is 11.6. The van der Waals surface area contributed by atoms with Crippen LogP contribution in [-0.4, -0.2) is 62.1 Å². The number of imide groups is 1. The fourth-order valence-corrected chi connectivity index (χ4v) is 5.68. The topological polar surface area (TPSA) is 98.6 Å². The normalized spacial score (nSPS) is 29.9. The van der Waals surface area contributed by atoms with E-state index in [4.69, 9.17) is 10.5 Å². The molecule has 8 nitrogen and oxygen atoms in total. The maximum atomic E-state index is 13.2. The highest BCUT2D eigenvalue weighted by Crippen LogP contribution is 2.26. The number of nitrogens with two attached hydrogens (primary N) is 1. The van der Waals surface area contributed by atoms with Gasteiger partial charge in [0.25, 0.3) is 11.8 Å². The Morgan fingerprint density at radius 2 is 1.87 bits per heavy atom. The first-order valence-electron chi connectivity index (χ1n) is 11.6. The molecule has 0 aliphatic carbocycles. The van der Waals surface area contributed by atoms with E-state index >= 15 is 0 Å². The number of hydrogen-bond donors (Lipinski definition) is 3. The lowest BCUT2D eigenvalue weighted by Gasteiger charge is -2.44. The van der Waals surface area contributed by atoms with E-state index in [1.54, 1.807) is 18.2 Å². The maximum absolute atomic E-state index is 13.2. The van der Waals surface area contributed by atoms with E-state index in [9.17, 15) is 14.4 Å². The molecule has 168 valence electrons. The smallest absolute Gasteiger partial charge is 0.292 e. The van der Waals surface area contributed by atoms with Crippen molar-refractivity contribution in [3.05, 3.63) is 24.3 Å². The number of piperidine rings is 2. The fourth-order valence-electron chi connectivity index (χ4n) is 5.68. The molecular formula is C23H34N4O4+2. The van der Waals surface area contributed by atoms with E-state index < -0.39 is 11.6 Å². The van der Waals surface area contributed by atoms with Crippen LogP contribution < -0.4 is 25.2 Å². The Bertz CT molecular complexity index is 844. The number of carbonyl (C=O) groups excluding carboxylic acids is 3. The van der Waals surface area contributed by atoms with E-state index in [2.05, 4.69) is 0 Å². The SMILES string of the molecule is CCOc1cccc(N2C(=O)C[C@H]([NH+]3CCC(C(N)=O)([NH+]4CCCCC4)CC3)C2=O)c1. The number of anilines is 1. The number of likely N-dealkylation sites (tertiary alicyclic amines) is 2. The highest BCUT2D eigenvalue weighted by Gasteiger charge is 2.54. The lowest BCUT2D eigenvalue weighted by molar-refractivity contribution is -0.978. The molecule has 0 spiro atoms. The molecule has 0 saturated carbocycles. The van der Waals surface area contributed by atoms with Crippen LogP contribution in [0.25, 0.3) is 0 Å². The van der Waals surface area contributed by atoms with Crippen molar-refractivity contribution in [2.75, 3.05) is 37.7 Å². The van der Waals surface area contributed by atoms with Crippen molar-refractivity contribution < 1.29 is 28.9 Å². The van der Waals surface area contributed by atoms with E-state index in [-0.39, 0.29) is 24.1 Å². The minimum atomic E-state index is -0.527. The molecule has 8 heteroatoms. The molecule has 3 heterocycles. The average Bonchev–Trinajstić information content (AvgIpc) is 3.08. The van der Waals surface area contributed by atoms with Crippen molar-refractivity contribution in [2.45, 2.75) is 57.0 Å². The van der Waals surface area contributed by atoms with Crippen LogP contribution >= 0.6 is 0 Å². The first-order chi connectivity index (χ1) is 15.0. The monoisotopic (exact) mass is 430 g/mol. The number of carbonyl (C=O) groups is 3. The zero-order valence-corrected chi connectivity index (χ0v) is 18.3. The Morgan fingerprint density at radius 1 is 1.16 bits per heavy atom. The molecule has 0 aromatic heterocycles. The summed E-state index contributed by atoms with van der Waals surface area (Å²) in [5.74, 6) is 0.0897. The molecule has 31 heavy (non-hydrogen) atoms.